The third kappa shape index (κ3) is 15.3. The van der Waals surface area contributed by atoms with Gasteiger partial charge in [0.15, 0.2) is 0 Å². The Hall–Kier alpha value is -2.62. The molecule has 0 aliphatic carbocycles. The Bertz CT molecular complexity index is 449. The Morgan fingerprint density at radius 1 is 1.24 bits per heavy atom. The molecule has 0 radical (unpaired) electrons. The SMILES string of the molecule is C=C(C)C(=O)O.C=CC(=O)OCC.C=Cc1ccccc1. The van der Waals surface area contributed by atoms with Gasteiger partial charge in [-0.2, -0.15) is 0 Å². The summed E-state index contributed by atoms with van der Waals surface area (Å²) < 4.78 is 4.43. The van der Waals surface area contributed by atoms with E-state index in [1.165, 1.54) is 12.5 Å². The maximum Gasteiger partial charge on any atom is 0.330 e. The first-order chi connectivity index (χ1) is 9.88. The summed E-state index contributed by atoms with van der Waals surface area (Å²) in [7, 11) is 0. The lowest BCUT2D eigenvalue weighted by Gasteiger charge is -1.90. The van der Waals surface area contributed by atoms with E-state index in [1.807, 2.05) is 36.4 Å². The smallest absolute Gasteiger partial charge is 0.330 e. The highest BCUT2D eigenvalue weighted by atomic mass is 16.5. The van der Waals surface area contributed by atoms with Gasteiger partial charge in [-0.15, -0.1) is 0 Å². The van der Waals surface area contributed by atoms with Crippen LogP contribution in [0.1, 0.15) is 19.4 Å². The van der Waals surface area contributed by atoms with Crippen molar-refractivity contribution in [2.24, 2.45) is 0 Å². The molecule has 0 heterocycles. The molecule has 1 aromatic carbocycles. The Kier molecular flexibility index (Phi) is 13.6. The Balaban J connectivity index is 0. The molecule has 4 heteroatoms. The summed E-state index contributed by atoms with van der Waals surface area (Å²) in [5.41, 5.74) is 1.35. The lowest BCUT2D eigenvalue weighted by Crippen LogP contribution is -1.97. The molecule has 114 valence electrons. The first-order valence-electron chi connectivity index (χ1n) is 6.24. The third-order valence-electron chi connectivity index (χ3n) is 1.85. The zero-order chi connectivity index (χ0) is 16.7. The summed E-state index contributed by atoms with van der Waals surface area (Å²) >= 11 is 0. The van der Waals surface area contributed by atoms with Crippen LogP contribution in [0.3, 0.4) is 0 Å². The van der Waals surface area contributed by atoms with E-state index in [2.05, 4.69) is 24.5 Å². The van der Waals surface area contributed by atoms with Crippen LogP contribution >= 0.6 is 0 Å². The van der Waals surface area contributed by atoms with Gasteiger partial charge in [0.25, 0.3) is 0 Å². The first-order valence-corrected chi connectivity index (χ1v) is 6.24. The fraction of sp³-hybridized carbons (Fsp3) is 0.176. The predicted molar refractivity (Wildman–Crippen MR) is 85.8 cm³/mol. The van der Waals surface area contributed by atoms with Crippen LogP contribution in [0.5, 0.6) is 0 Å². The lowest BCUT2D eigenvalue weighted by atomic mass is 10.2. The van der Waals surface area contributed by atoms with Gasteiger partial charge in [0.1, 0.15) is 0 Å². The van der Waals surface area contributed by atoms with Crippen molar-refractivity contribution in [2.75, 3.05) is 6.61 Å². The van der Waals surface area contributed by atoms with E-state index in [1.54, 1.807) is 6.92 Å². The van der Waals surface area contributed by atoms with Crippen molar-refractivity contribution in [1.82, 2.24) is 0 Å². The predicted octanol–water partition coefficient (Wildman–Crippen LogP) is 3.71. The summed E-state index contributed by atoms with van der Waals surface area (Å²) in [4.78, 5) is 19.7. The average molecular weight is 290 g/mol. The van der Waals surface area contributed by atoms with Gasteiger partial charge < -0.3 is 9.84 Å². The second kappa shape index (κ2) is 13.8. The minimum Gasteiger partial charge on any atom is -0.478 e. The van der Waals surface area contributed by atoms with Crippen molar-refractivity contribution in [3.63, 3.8) is 0 Å². The van der Waals surface area contributed by atoms with Gasteiger partial charge in [0, 0.05) is 11.6 Å². The van der Waals surface area contributed by atoms with Crippen LogP contribution < -0.4 is 0 Å². The van der Waals surface area contributed by atoms with E-state index >= 15 is 0 Å². The first kappa shape index (κ1) is 20.7. The van der Waals surface area contributed by atoms with Crippen molar-refractivity contribution >= 4 is 18.0 Å². The number of ether oxygens (including phenoxy) is 1. The molecule has 0 spiro atoms. The van der Waals surface area contributed by atoms with Gasteiger partial charge in [-0.3, -0.25) is 0 Å². The van der Waals surface area contributed by atoms with Crippen molar-refractivity contribution in [3.05, 3.63) is 67.3 Å². The molecule has 0 aliphatic rings. The highest BCUT2D eigenvalue weighted by Crippen LogP contribution is 1.97. The highest BCUT2D eigenvalue weighted by Gasteiger charge is 1.90. The molecule has 21 heavy (non-hydrogen) atoms. The van der Waals surface area contributed by atoms with E-state index in [4.69, 9.17) is 5.11 Å². The van der Waals surface area contributed by atoms with Crippen LogP contribution in [-0.4, -0.2) is 23.7 Å². The van der Waals surface area contributed by atoms with Crippen molar-refractivity contribution in [3.8, 4) is 0 Å². The van der Waals surface area contributed by atoms with Gasteiger partial charge in [0.05, 0.1) is 6.61 Å². The Labute approximate surface area is 126 Å². The van der Waals surface area contributed by atoms with Crippen LogP contribution in [0.2, 0.25) is 0 Å². The number of hydrogen-bond acceptors (Lipinski definition) is 3. The van der Waals surface area contributed by atoms with Gasteiger partial charge in [-0.1, -0.05) is 56.1 Å². The second-order valence-electron chi connectivity index (χ2n) is 3.66. The fourth-order valence-corrected chi connectivity index (χ4v) is 0.790. The van der Waals surface area contributed by atoms with E-state index in [9.17, 15) is 9.59 Å². The number of rotatable bonds is 4. The van der Waals surface area contributed by atoms with Crippen LogP contribution in [0.25, 0.3) is 6.08 Å². The molecule has 0 saturated heterocycles. The van der Waals surface area contributed by atoms with Crippen molar-refractivity contribution in [2.45, 2.75) is 13.8 Å². The highest BCUT2D eigenvalue weighted by molar-refractivity contribution is 5.84. The van der Waals surface area contributed by atoms with Crippen molar-refractivity contribution in [1.29, 1.82) is 0 Å². The zero-order valence-corrected chi connectivity index (χ0v) is 12.5. The molecular weight excluding hydrogens is 268 g/mol. The molecule has 1 aromatic rings. The van der Waals surface area contributed by atoms with Crippen LogP contribution in [-0.2, 0) is 14.3 Å². The van der Waals surface area contributed by atoms with E-state index in [0.29, 0.717) is 6.61 Å². The minimum atomic E-state index is -0.935. The van der Waals surface area contributed by atoms with E-state index in [-0.39, 0.29) is 11.5 Å². The van der Waals surface area contributed by atoms with Gasteiger partial charge >= 0.3 is 11.9 Å². The summed E-state index contributed by atoms with van der Waals surface area (Å²) in [5.74, 6) is -1.29. The molecule has 0 unspecified atom stereocenters. The third-order valence-corrected chi connectivity index (χ3v) is 1.85. The van der Waals surface area contributed by atoms with Gasteiger partial charge in [-0.05, 0) is 19.4 Å². The molecule has 4 nitrogen and oxygen atoms in total. The monoisotopic (exact) mass is 290 g/mol. The zero-order valence-electron chi connectivity index (χ0n) is 12.5. The second-order valence-corrected chi connectivity index (χ2v) is 3.66. The topological polar surface area (TPSA) is 63.6 Å². The summed E-state index contributed by atoms with van der Waals surface area (Å²) in [6.45, 7) is 13.6. The molecule has 0 saturated carbocycles. The quantitative estimate of drug-likeness (QED) is 0.678. The fourth-order valence-electron chi connectivity index (χ4n) is 0.790. The van der Waals surface area contributed by atoms with E-state index in [0.717, 1.165) is 6.08 Å². The lowest BCUT2D eigenvalue weighted by molar-refractivity contribution is -0.137. The summed E-state index contributed by atoms with van der Waals surface area (Å²) in [6, 6.07) is 10.0. The molecular formula is C17H22O4. The summed E-state index contributed by atoms with van der Waals surface area (Å²) in [6.07, 6.45) is 2.98. The van der Waals surface area contributed by atoms with Crippen LogP contribution in [0, 0.1) is 0 Å². The number of carboxylic acid groups (broad SMARTS) is 1. The standard InChI is InChI=1S/C8H8.C5H8O2.C4H6O2/c1-2-8-6-4-3-5-7-8;1-3-5(6)7-4-2;1-3(2)4(5)6/h2-7H,1H2;3H,1,4H2,2H3;1H2,2H3,(H,5,6). The number of carbonyl (C=O) groups excluding carboxylic acids is 1. The number of esters is 1. The Morgan fingerprint density at radius 3 is 1.90 bits per heavy atom. The van der Waals surface area contributed by atoms with Crippen LogP contribution in [0.4, 0.5) is 0 Å². The molecule has 0 amide bonds. The average Bonchev–Trinajstić information content (AvgIpc) is 2.49. The number of carbonyl (C=O) groups is 2. The van der Waals surface area contributed by atoms with Crippen LogP contribution in [0.15, 0.2) is 61.7 Å². The molecule has 0 bridgehead atoms. The number of hydrogen-bond donors (Lipinski definition) is 1. The van der Waals surface area contributed by atoms with Crippen molar-refractivity contribution < 1.29 is 19.4 Å². The normalized spacial score (nSPS) is 7.90. The minimum absolute atomic E-state index is 0.176. The Morgan fingerprint density at radius 2 is 1.71 bits per heavy atom. The molecule has 1 rings (SSSR count). The number of carboxylic acids is 1. The number of benzene rings is 1. The molecule has 1 N–H and O–H groups in total. The summed E-state index contributed by atoms with van der Waals surface area (Å²) in [5, 5.41) is 7.89. The van der Waals surface area contributed by atoms with Gasteiger partial charge in [-0.25, -0.2) is 9.59 Å². The maximum atomic E-state index is 10.1. The molecule has 0 atom stereocenters. The number of aliphatic carboxylic acids is 1. The molecule has 0 fully saturated rings. The molecule has 0 aliphatic heterocycles. The largest absolute Gasteiger partial charge is 0.478 e. The molecule has 0 aromatic heterocycles. The van der Waals surface area contributed by atoms with E-state index < -0.39 is 5.97 Å². The maximum absolute atomic E-state index is 10.1. The van der Waals surface area contributed by atoms with Gasteiger partial charge in [0.2, 0.25) is 0 Å².